The van der Waals surface area contributed by atoms with E-state index in [4.69, 9.17) is 4.74 Å². The molecule has 0 aliphatic carbocycles. The van der Waals surface area contributed by atoms with Crippen molar-refractivity contribution in [1.82, 2.24) is 0 Å². The maximum atomic E-state index is 11.6. The Morgan fingerprint density at radius 3 is 2.27 bits per heavy atom. The molecule has 0 fully saturated rings. The average Bonchev–Trinajstić information content (AvgIpc) is 2.54. The number of carbonyl (C=O) groups excluding carboxylic acids is 1. The lowest BCUT2D eigenvalue weighted by molar-refractivity contribution is -0.143. The van der Waals surface area contributed by atoms with Crippen molar-refractivity contribution < 1.29 is 9.53 Å². The van der Waals surface area contributed by atoms with Gasteiger partial charge in [0.1, 0.15) is 0 Å². The number of ether oxygens (including phenoxy) is 1. The Morgan fingerprint density at radius 2 is 1.55 bits per heavy atom. The summed E-state index contributed by atoms with van der Waals surface area (Å²) in [5.41, 5.74) is 1.36. The molecule has 2 nitrogen and oxygen atoms in total. The van der Waals surface area contributed by atoms with Crippen molar-refractivity contribution >= 4 is 5.97 Å². The number of hydrogen-bond donors (Lipinski definition) is 0. The lowest BCUT2D eigenvalue weighted by atomic mass is 10.1. The topological polar surface area (TPSA) is 26.3 Å². The zero-order chi connectivity index (χ0) is 15.9. The van der Waals surface area contributed by atoms with Crippen LogP contribution in [0.5, 0.6) is 0 Å². The Labute approximate surface area is 136 Å². The molecule has 1 aromatic rings. The van der Waals surface area contributed by atoms with Gasteiger partial charge in [-0.15, -0.1) is 0 Å². The molecule has 124 valence electrons. The van der Waals surface area contributed by atoms with Gasteiger partial charge in [-0.25, -0.2) is 0 Å². The van der Waals surface area contributed by atoms with Crippen LogP contribution in [0, 0.1) is 0 Å². The van der Waals surface area contributed by atoms with Gasteiger partial charge in [-0.1, -0.05) is 75.8 Å². The fourth-order valence-electron chi connectivity index (χ4n) is 2.56. The van der Waals surface area contributed by atoms with Gasteiger partial charge >= 0.3 is 5.97 Å². The largest absolute Gasteiger partial charge is 0.466 e. The van der Waals surface area contributed by atoms with Gasteiger partial charge < -0.3 is 4.74 Å². The predicted molar refractivity (Wildman–Crippen MR) is 92.9 cm³/mol. The summed E-state index contributed by atoms with van der Waals surface area (Å²) in [5.74, 6) is -0.0201. The van der Waals surface area contributed by atoms with Crippen molar-refractivity contribution in [2.45, 2.75) is 77.6 Å². The van der Waals surface area contributed by atoms with E-state index in [1.54, 1.807) is 0 Å². The van der Waals surface area contributed by atoms with Crippen molar-refractivity contribution in [2.75, 3.05) is 6.61 Å². The molecular weight excluding hydrogens is 272 g/mol. The number of esters is 1. The highest BCUT2D eigenvalue weighted by molar-refractivity contribution is 5.69. The van der Waals surface area contributed by atoms with E-state index in [2.05, 4.69) is 31.2 Å². The monoisotopic (exact) mass is 304 g/mol. The molecule has 0 bridgehead atoms. The lowest BCUT2D eigenvalue weighted by Gasteiger charge is -2.05. The van der Waals surface area contributed by atoms with E-state index in [-0.39, 0.29) is 5.97 Å². The van der Waals surface area contributed by atoms with Gasteiger partial charge in [-0.3, -0.25) is 4.79 Å². The third kappa shape index (κ3) is 10.4. The summed E-state index contributed by atoms with van der Waals surface area (Å²) in [4.78, 5) is 11.6. The van der Waals surface area contributed by atoms with Crippen LogP contribution < -0.4 is 0 Å². The molecule has 0 aliphatic heterocycles. The minimum atomic E-state index is -0.0201. The van der Waals surface area contributed by atoms with Crippen molar-refractivity contribution in [1.29, 1.82) is 0 Å². The minimum absolute atomic E-state index is 0.0201. The second kappa shape index (κ2) is 13.4. The maximum Gasteiger partial charge on any atom is 0.305 e. The Balaban J connectivity index is 1.87. The van der Waals surface area contributed by atoms with Crippen LogP contribution in [-0.2, 0) is 16.0 Å². The molecule has 0 heterocycles. The predicted octanol–water partition coefficient (Wildman–Crippen LogP) is 5.69. The molecule has 0 atom stereocenters. The van der Waals surface area contributed by atoms with Gasteiger partial charge in [0, 0.05) is 6.42 Å². The van der Waals surface area contributed by atoms with Crippen molar-refractivity contribution in [3.05, 3.63) is 35.9 Å². The molecule has 1 rings (SSSR count). The third-order valence-electron chi connectivity index (χ3n) is 3.95. The number of unbranched alkanes of at least 4 members (excludes halogenated alkanes) is 7. The van der Waals surface area contributed by atoms with Crippen LogP contribution in [0.3, 0.4) is 0 Å². The van der Waals surface area contributed by atoms with Crippen LogP contribution in [0.25, 0.3) is 0 Å². The Hall–Kier alpha value is -1.31. The van der Waals surface area contributed by atoms with E-state index >= 15 is 0 Å². The summed E-state index contributed by atoms with van der Waals surface area (Å²) < 4.78 is 5.29. The normalized spacial score (nSPS) is 10.6. The first-order chi connectivity index (χ1) is 10.8. The Bertz CT molecular complexity index is 373. The summed E-state index contributed by atoms with van der Waals surface area (Å²) in [6, 6.07) is 10.5. The third-order valence-corrected chi connectivity index (χ3v) is 3.95. The number of benzene rings is 1. The molecule has 22 heavy (non-hydrogen) atoms. The van der Waals surface area contributed by atoms with Crippen LogP contribution >= 0.6 is 0 Å². The van der Waals surface area contributed by atoms with Crippen molar-refractivity contribution in [2.24, 2.45) is 0 Å². The van der Waals surface area contributed by atoms with Gasteiger partial charge in [0.25, 0.3) is 0 Å². The maximum absolute atomic E-state index is 11.6. The first-order valence-corrected chi connectivity index (χ1v) is 9.02. The second-order valence-electron chi connectivity index (χ2n) is 6.03. The fraction of sp³-hybridized carbons (Fsp3) is 0.650. The number of rotatable bonds is 13. The summed E-state index contributed by atoms with van der Waals surface area (Å²) >= 11 is 0. The van der Waals surface area contributed by atoms with E-state index in [0.717, 1.165) is 32.1 Å². The SMILES string of the molecule is CCCCCCCCCC(=O)OCCCCc1ccccc1. The van der Waals surface area contributed by atoms with Crippen LogP contribution in [0.4, 0.5) is 0 Å². The highest BCUT2D eigenvalue weighted by atomic mass is 16.5. The molecule has 0 radical (unpaired) electrons. The number of aryl methyl sites for hydroxylation is 1. The molecule has 0 aliphatic rings. The molecule has 0 N–H and O–H groups in total. The average molecular weight is 304 g/mol. The zero-order valence-electron chi connectivity index (χ0n) is 14.2. The van der Waals surface area contributed by atoms with Crippen molar-refractivity contribution in [3.8, 4) is 0 Å². The van der Waals surface area contributed by atoms with Crippen LogP contribution in [0.15, 0.2) is 30.3 Å². The smallest absolute Gasteiger partial charge is 0.305 e. The van der Waals surface area contributed by atoms with E-state index in [1.165, 1.54) is 37.7 Å². The zero-order valence-corrected chi connectivity index (χ0v) is 14.2. The van der Waals surface area contributed by atoms with Gasteiger partial charge in [-0.2, -0.15) is 0 Å². The molecule has 0 spiro atoms. The van der Waals surface area contributed by atoms with E-state index < -0.39 is 0 Å². The molecule has 0 amide bonds. The molecule has 2 heteroatoms. The van der Waals surface area contributed by atoms with Crippen LogP contribution in [-0.4, -0.2) is 12.6 Å². The molecule has 1 aromatic carbocycles. The first kappa shape index (κ1) is 18.7. The quantitative estimate of drug-likeness (QED) is 0.345. The Kier molecular flexibility index (Phi) is 11.4. The van der Waals surface area contributed by atoms with E-state index in [0.29, 0.717) is 13.0 Å². The Morgan fingerprint density at radius 1 is 0.864 bits per heavy atom. The van der Waals surface area contributed by atoms with Crippen LogP contribution in [0.2, 0.25) is 0 Å². The number of carbonyl (C=O) groups is 1. The lowest BCUT2D eigenvalue weighted by Crippen LogP contribution is -2.05. The first-order valence-electron chi connectivity index (χ1n) is 9.02. The second-order valence-corrected chi connectivity index (χ2v) is 6.03. The molecule has 0 aromatic heterocycles. The summed E-state index contributed by atoms with van der Waals surface area (Å²) in [5, 5.41) is 0. The molecule has 0 saturated carbocycles. The van der Waals surface area contributed by atoms with Gasteiger partial charge in [0.2, 0.25) is 0 Å². The van der Waals surface area contributed by atoms with Crippen molar-refractivity contribution in [3.63, 3.8) is 0 Å². The van der Waals surface area contributed by atoms with Gasteiger partial charge in [-0.05, 0) is 31.2 Å². The van der Waals surface area contributed by atoms with Gasteiger partial charge in [0.05, 0.1) is 6.61 Å². The number of hydrogen-bond acceptors (Lipinski definition) is 2. The highest BCUT2D eigenvalue weighted by Gasteiger charge is 2.02. The van der Waals surface area contributed by atoms with E-state index in [9.17, 15) is 4.79 Å². The summed E-state index contributed by atoms with van der Waals surface area (Å²) in [6.45, 7) is 2.80. The molecular formula is C20H32O2. The highest BCUT2D eigenvalue weighted by Crippen LogP contribution is 2.09. The molecule has 0 saturated heterocycles. The van der Waals surface area contributed by atoms with E-state index in [1.807, 2.05) is 6.07 Å². The van der Waals surface area contributed by atoms with Gasteiger partial charge in [0.15, 0.2) is 0 Å². The molecule has 0 unspecified atom stereocenters. The van der Waals surface area contributed by atoms with Crippen LogP contribution in [0.1, 0.15) is 76.7 Å². The summed E-state index contributed by atoms with van der Waals surface area (Å²) in [6.07, 6.45) is 12.4. The minimum Gasteiger partial charge on any atom is -0.466 e. The standard InChI is InChI=1S/C20H32O2/c1-2-3-4-5-6-7-11-17-20(21)22-18-13-12-16-19-14-9-8-10-15-19/h8-10,14-15H,2-7,11-13,16-18H2,1H3. The summed E-state index contributed by atoms with van der Waals surface area (Å²) in [7, 11) is 0. The fourth-order valence-corrected chi connectivity index (χ4v) is 2.56.